The molecule has 0 aromatic heterocycles. The van der Waals surface area contributed by atoms with Crippen molar-refractivity contribution < 1.29 is 26.3 Å². The summed E-state index contributed by atoms with van der Waals surface area (Å²) in [7, 11) is -5.71. The number of piperidine rings is 1. The maximum atomic E-state index is 13.6. The van der Waals surface area contributed by atoms with Gasteiger partial charge in [-0.2, -0.15) is 21.6 Å². The highest BCUT2D eigenvalue weighted by atomic mass is 35.5. The van der Waals surface area contributed by atoms with Crippen molar-refractivity contribution in [3.8, 4) is 5.75 Å². The van der Waals surface area contributed by atoms with Crippen LogP contribution >= 0.6 is 24.8 Å². The number of rotatable bonds is 7. The number of benzene rings is 3. The molecule has 1 aliphatic heterocycles. The first-order valence-electron chi connectivity index (χ1n) is 11.9. The Labute approximate surface area is 243 Å². The van der Waals surface area contributed by atoms with E-state index in [2.05, 4.69) is 0 Å². The molecule has 218 valence electrons. The van der Waals surface area contributed by atoms with Gasteiger partial charge in [0.15, 0.2) is 0 Å². The van der Waals surface area contributed by atoms with Gasteiger partial charge in [-0.1, -0.05) is 24.3 Å². The number of anilines is 1. The van der Waals surface area contributed by atoms with E-state index in [1.54, 1.807) is 43.3 Å². The third-order valence-corrected chi connectivity index (χ3v) is 7.97. The summed E-state index contributed by atoms with van der Waals surface area (Å²) >= 11 is 0. The van der Waals surface area contributed by atoms with E-state index in [1.165, 1.54) is 24.3 Å². The van der Waals surface area contributed by atoms with Gasteiger partial charge < -0.3 is 15.4 Å². The first-order chi connectivity index (χ1) is 17.8. The van der Waals surface area contributed by atoms with Crippen LogP contribution in [0.4, 0.5) is 18.9 Å². The Kier molecular flexibility index (Phi) is 10.7. The van der Waals surface area contributed by atoms with Crippen LogP contribution in [0.15, 0.2) is 60.7 Å². The fourth-order valence-corrected chi connectivity index (χ4v) is 5.33. The first-order valence-corrected chi connectivity index (χ1v) is 13.3. The quantitative estimate of drug-likeness (QED) is 0.232. The lowest BCUT2D eigenvalue weighted by molar-refractivity contribution is -0.0438. The second-order valence-electron chi connectivity index (χ2n) is 9.15. The van der Waals surface area contributed by atoms with Gasteiger partial charge in [0.2, 0.25) is 0 Å². The first kappa shape index (κ1) is 33.0. The van der Waals surface area contributed by atoms with Gasteiger partial charge in [-0.25, -0.2) is 0 Å². The topological polar surface area (TPSA) is 124 Å². The molecule has 8 nitrogen and oxygen atoms in total. The van der Waals surface area contributed by atoms with Crippen molar-refractivity contribution in [2.75, 3.05) is 17.4 Å². The lowest BCUT2D eigenvalue weighted by Crippen LogP contribution is -2.40. The fourth-order valence-electron chi connectivity index (χ4n) is 4.36. The van der Waals surface area contributed by atoms with Crippen molar-refractivity contribution in [2.24, 2.45) is 5.73 Å². The minimum absolute atomic E-state index is 0. The van der Waals surface area contributed by atoms with Crippen LogP contribution in [0, 0.1) is 10.8 Å². The lowest BCUT2D eigenvalue weighted by Gasteiger charge is -2.33. The van der Waals surface area contributed by atoms with Gasteiger partial charge in [0.1, 0.15) is 17.7 Å². The molecule has 3 aromatic carbocycles. The molecule has 4 N–H and O–H groups in total. The number of amidine groups is 2. The highest BCUT2D eigenvalue weighted by molar-refractivity contribution is 7.93. The number of likely N-dealkylation sites (tertiary alicyclic amines) is 1. The third kappa shape index (κ3) is 7.29. The minimum atomic E-state index is -5.71. The molecule has 1 heterocycles. The van der Waals surface area contributed by atoms with E-state index < -0.39 is 22.1 Å². The largest absolute Gasteiger partial charge is 0.516 e. The molecular weight excluding hydrogens is 590 g/mol. The number of hydrogen-bond donors (Lipinski definition) is 3. The number of nitrogens with one attached hydrogen (secondary N) is 2. The summed E-state index contributed by atoms with van der Waals surface area (Å²) in [6.07, 6.45) is 1.28. The molecule has 0 spiro atoms. The van der Waals surface area contributed by atoms with E-state index in [4.69, 9.17) is 21.3 Å². The second-order valence-corrected chi connectivity index (χ2v) is 11.0. The molecule has 3 aromatic rings. The van der Waals surface area contributed by atoms with Gasteiger partial charge in [-0.05, 0) is 59.7 Å². The van der Waals surface area contributed by atoms with Gasteiger partial charge >= 0.3 is 15.5 Å². The number of halogens is 5. The van der Waals surface area contributed by atoms with Gasteiger partial charge in [-0.3, -0.25) is 15.1 Å². The maximum absolute atomic E-state index is 13.6. The number of alkyl halides is 3. The predicted octanol–water partition coefficient (Wildman–Crippen LogP) is 5.66. The van der Waals surface area contributed by atoms with Crippen LogP contribution in [-0.4, -0.2) is 49.7 Å². The number of fused-ring (bicyclic) bond motifs is 1. The Bertz CT molecular complexity index is 1460. The zero-order valence-corrected chi connectivity index (χ0v) is 23.9. The molecule has 0 unspecified atom stereocenters. The summed E-state index contributed by atoms with van der Waals surface area (Å²) in [6.45, 7) is 2.52. The summed E-state index contributed by atoms with van der Waals surface area (Å²) in [5.74, 6) is 0.756. The number of nitrogen functional groups attached to an aromatic ring is 1. The van der Waals surface area contributed by atoms with Crippen LogP contribution in [0.1, 0.15) is 30.9 Å². The van der Waals surface area contributed by atoms with Gasteiger partial charge in [0.25, 0.3) is 0 Å². The van der Waals surface area contributed by atoms with Crippen molar-refractivity contribution in [1.29, 1.82) is 10.8 Å². The molecule has 1 fully saturated rings. The number of hydrogen-bond acceptors (Lipinski definition) is 5. The van der Waals surface area contributed by atoms with E-state index >= 15 is 0 Å². The zero-order chi connectivity index (χ0) is 27.7. The SMILES string of the molecule is CC(=N)N1CCC(Oc2ccc(N(Cc3ccc4ccc(C(=N)N)cc4c3)S(=O)(=O)C(F)(F)F)cc2)CC1.Cl.Cl. The van der Waals surface area contributed by atoms with E-state index in [1.807, 2.05) is 4.90 Å². The fraction of sp³-hybridized carbons (Fsp3) is 0.308. The van der Waals surface area contributed by atoms with Gasteiger partial charge in [0, 0.05) is 31.5 Å². The standard InChI is InChI=1S/C26H28F3N5O3S.2ClH/c1-17(30)33-12-10-24(11-13-33)37-23-8-6-22(7-9-23)34(38(35,36)26(27,28)29)16-18-2-3-19-4-5-20(25(31)32)15-21(19)14-18;;/h2-9,14-15,24,30H,10-13,16H2,1H3,(H3,31,32);2*1H. The van der Waals surface area contributed by atoms with Crippen LogP contribution in [0.25, 0.3) is 10.8 Å². The Balaban J connectivity index is 0.00000280. The number of nitrogens with two attached hydrogens (primary N) is 1. The summed E-state index contributed by atoms with van der Waals surface area (Å²) in [6, 6.07) is 15.4. The molecule has 1 saturated heterocycles. The average Bonchev–Trinajstić information content (AvgIpc) is 2.87. The molecule has 40 heavy (non-hydrogen) atoms. The smallest absolute Gasteiger partial charge is 0.490 e. The van der Waals surface area contributed by atoms with Gasteiger partial charge in [-0.15, -0.1) is 24.8 Å². The third-order valence-electron chi connectivity index (χ3n) is 6.47. The molecule has 0 bridgehead atoms. The normalized spacial score (nSPS) is 14.2. The Morgan fingerprint density at radius 1 is 1.00 bits per heavy atom. The number of nitrogens with zero attached hydrogens (tertiary/aromatic N) is 2. The lowest BCUT2D eigenvalue weighted by atomic mass is 10.0. The highest BCUT2D eigenvalue weighted by Crippen LogP contribution is 2.34. The van der Waals surface area contributed by atoms with Crippen molar-refractivity contribution in [2.45, 2.75) is 37.9 Å². The number of sulfonamides is 1. The van der Waals surface area contributed by atoms with Crippen molar-refractivity contribution in [3.05, 3.63) is 71.8 Å². The van der Waals surface area contributed by atoms with Crippen LogP contribution in [0.5, 0.6) is 5.75 Å². The molecule has 14 heteroatoms. The van der Waals surface area contributed by atoms with E-state index in [0.717, 1.165) is 5.39 Å². The molecule has 0 atom stereocenters. The Hall–Kier alpha value is -3.22. The van der Waals surface area contributed by atoms with E-state index in [9.17, 15) is 21.6 Å². The summed E-state index contributed by atoms with van der Waals surface area (Å²) in [4.78, 5) is 1.94. The molecule has 0 amide bonds. The molecule has 0 saturated carbocycles. The van der Waals surface area contributed by atoms with Crippen LogP contribution < -0.4 is 14.8 Å². The van der Waals surface area contributed by atoms with Gasteiger partial charge in [0.05, 0.1) is 18.1 Å². The molecule has 4 rings (SSSR count). The zero-order valence-electron chi connectivity index (χ0n) is 21.4. The van der Waals surface area contributed by atoms with Crippen LogP contribution in [-0.2, 0) is 16.6 Å². The average molecular weight is 621 g/mol. The Morgan fingerprint density at radius 3 is 2.15 bits per heavy atom. The molecule has 0 aliphatic carbocycles. The predicted molar refractivity (Wildman–Crippen MR) is 156 cm³/mol. The Morgan fingerprint density at radius 2 is 1.60 bits per heavy atom. The molecular formula is C26H30Cl2F3N5O3S. The van der Waals surface area contributed by atoms with Crippen molar-refractivity contribution in [1.82, 2.24) is 4.90 Å². The second kappa shape index (κ2) is 13.0. The maximum Gasteiger partial charge on any atom is 0.516 e. The number of ether oxygens (including phenoxy) is 1. The molecule has 0 radical (unpaired) electrons. The van der Waals surface area contributed by atoms with E-state index in [-0.39, 0.29) is 42.4 Å². The highest BCUT2D eigenvalue weighted by Gasteiger charge is 2.50. The summed E-state index contributed by atoms with van der Waals surface area (Å²) < 4.78 is 72.3. The monoisotopic (exact) mass is 619 g/mol. The van der Waals surface area contributed by atoms with Crippen molar-refractivity contribution >= 4 is 63.0 Å². The van der Waals surface area contributed by atoms with Crippen LogP contribution in [0.3, 0.4) is 0 Å². The molecule has 1 aliphatic rings. The van der Waals surface area contributed by atoms with E-state index in [0.29, 0.717) is 58.3 Å². The minimum Gasteiger partial charge on any atom is -0.490 e. The summed E-state index contributed by atoms with van der Waals surface area (Å²) in [5.41, 5.74) is 0.675. The van der Waals surface area contributed by atoms with Crippen molar-refractivity contribution in [3.63, 3.8) is 0 Å². The summed E-state index contributed by atoms with van der Waals surface area (Å²) in [5, 5.41) is 16.7. The van der Waals surface area contributed by atoms with Crippen LogP contribution in [0.2, 0.25) is 0 Å².